The van der Waals surface area contributed by atoms with Crippen LogP contribution in [0.5, 0.6) is 5.75 Å². The van der Waals surface area contributed by atoms with E-state index in [-0.39, 0.29) is 0 Å². The van der Waals surface area contributed by atoms with Crippen LogP contribution in [0.3, 0.4) is 0 Å². The fourth-order valence-corrected chi connectivity index (χ4v) is 3.70. The Bertz CT molecular complexity index is 825. The summed E-state index contributed by atoms with van der Waals surface area (Å²) in [7, 11) is 0. The van der Waals surface area contributed by atoms with Gasteiger partial charge < -0.3 is 15.4 Å². The molecule has 144 valence electrons. The Balaban J connectivity index is 1.22. The Morgan fingerprint density at radius 3 is 1.64 bits per heavy atom. The van der Waals surface area contributed by atoms with Crippen molar-refractivity contribution < 1.29 is 4.74 Å². The van der Waals surface area contributed by atoms with Crippen molar-refractivity contribution in [1.82, 2.24) is 10.6 Å². The minimum absolute atomic E-state index is 0.475. The molecule has 0 spiro atoms. The zero-order valence-corrected chi connectivity index (χ0v) is 16.2. The quantitative estimate of drug-likeness (QED) is 0.658. The first-order valence-corrected chi connectivity index (χ1v) is 10.1. The number of hydrogen-bond donors (Lipinski definition) is 2. The van der Waals surface area contributed by atoms with Crippen molar-refractivity contribution in [2.24, 2.45) is 0 Å². The van der Waals surface area contributed by atoms with Gasteiger partial charge >= 0.3 is 0 Å². The van der Waals surface area contributed by atoms with Crippen LogP contribution in [0, 0.1) is 0 Å². The SMILES string of the molecule is c1ccc(COc2ccc(C[C@@H]3CN[C@@H](Cc4ccccc4)CN3)cc2)cc1. The average molecular weight is 373 g/mol. The minimum Gasteiger partial charge on any atom is -0.489 e. The van der Waals surface area contributed by atoms with E-state index in [0.717, 1.165) is 31.7 Å². The smallest absolute Gasteiger partial charge is 0.119 e. The molecule has 3 aromatic rings. The van der Waals surface area contributed by atoms with E-state index in [1.807, 2.05) is 18.2 Å². The van der Waals surface area contributed by atoms with Crippen LogP contribution in [0.1, 0.15) is 16.7 Å². The molecule has 0 radical (unpaired) electrons. The molecule has 0 aliphatic carbocycles. The highest BCUT2D eigenvalue weighted by atomic mass is 16.5. The average Bonchev–Trinajstić information content (AvgIpc) is 2.76. The zero-order valence-electron chi connectivity index (χ0n) is 16.2. The number of rotatable bonds is 7. The molecule has 0 bridgehead atoms. The van der Waals surface area contributed by atoms with Gasteiger partial charge in [-0.25, -0.2) is 0 Å². The van der Waals surface area contributed by atoms with Crippen molar-refractivity contribution >= 4 is 0 Å². The molecule has 1 fully saturated rings. The maximum atomic E-state index is 5.88. The fraction of sp³-hybridized carbons (Fsp3) is 0.280. The second-order valence-electron chi connectivity index (χ2n) is 7.52. The van der Waals surface area contributed by atoms with E-state index in [9.17, 15) is 0 Å². The van der Waals surface area contributed by atoms with Gasteiger partial charge in [0.05, 0.1) is 0 Å². The molecular formula is C25H28N2O. The van der Waals surface area contributed by atoms with Crippen LogP contribution in [0.2, 0.25) is 0 Å². The van der Waals surface area contributed by atoms with Crippen LogP contribution in [0.4, 0.5) is 0 Å². The van der Waals surface area contributed by atoms with Crippen molar-refractivity contribution in [2.45, 2.75) is 31.5 Å². The molecule has 28 heavy (non-hydrogen) atoms. The van der Waals surface area contributed by atoms with Crippen molar-refractivity contribution in [3.63, 3.8) is 0 Å². The molecule has 3 aromatic carbocycles. The predicted molar refractivity (Wildman–Crippen MR) is 115 cm³/mol. The maximum absolute atomic E-state index is 5.88. The van der Waals surface area contributed by atoms with Crippen LogP contribution in [0.15, 0.2) is 84.9 Å². The Morgan fingerprint density at radius 1 is 0.607 bits per heavy atom. The molecule has 0 amide bonds. The normalized spacial score (nSPS) is 19.3. The fourth-order valence-electron chi connectivity index (χ4n) is 3.70. The lowest BCUT2D eigenvalue weighted by Crippen LogP contribution is -2.55. The number of benzene rings is 3. The molecule has 0 aromatic heterocycles. The summed E-state index contributed by atoms with van der Waals surface area (Å²) in [5, 5.41) is 7.41. The summed E-state index contributed by atoms with van der Waals surface area (Å²) in [5.74, 6) is 0.922. The summed E-state index contributed by atoms with van der Waals surface area (Å²) in [4.78, 5) is 0. The van der Waals surface area contributed by atoms with Crippen molar-refractivity contribution in [3.8, 4) is 5.75 Å². The van der Waals surface area contributed by atoms with Crippen molar-refractivity contribution in [3.05, 3.63) is 102 Å². The van der Waals surface area contributed by atoms with Gasteiger partial charge in [0.2, 0.25) is 0 Å². The molecule has 1 aliphatic rings. The van der Waals surface area contributed by atoms with E-state index in [1.165, 1.54) is 16.7 Å². The topological polar surface area (TPSA) is 33.3 Å². The number of ether oxygens (including phenoxy) is 1. The minimum atomic E-state index is 0.475. The molecular weight excluding hydrogens is 344 g/mol. The van der Waals surface area contributed by atoms with Gasteiger partial charge in [0.25, 0.3) is 0 Å². The van der Waals surface area contributed by atoms with Gasteiger partial charge in [-0.15, -0.1) is 0 Å². The maximum Gasteiger partial charge on any atom is 0.119 e. The molecule has 1 aliphatic heterocycles. The van der Waals surface area contributed by atoms with Crippen LogP contribution >= 0.6 is 0 Å². The number of piperazine rings is 1. The molecule has 4 rings (SSSR count). The van der Waals surface area contributed by atoms with Gasteiger partial charge in [-0.3, -0.25) is 0 Å². The van der Waals surface area contributed by atoms with Gasteiger partial charge in [0, 0.05) is 25.2 Å². The summed E-state index contributed by atoms with van der Waals surface area (Å²) in [5.41, 5.74) is 3.92. The summed E-state index contributed by atoms with van der Waals surface area (Å²) in [6, 6.07) is 30.5. The second-order valence-corrected chi connectivity index (χ2v) is 7.52. The third-order valence-corrected chi connectivity index (χ3v) is 5.28. The highest BCUT2D eigenvalue weighted by Crippen LogP contribution is 2.16. The van der Waals surface area contributed by atoms with Crippen LogP contribution in [-0.4, -0.2) is 25.2 Å². The Labute approximate surface area is 167 Å². The highest BCUT2D eigenvalue weighted by molar-refractivity contribution is 5.28. The molecule has 0 unspecified atom stereocenters. The molecule has 1 heterocycles. The summed E-state index contributed by atoms with van der Waals surface area (Å²) < 4.78 is 5.88. The van der Waals surface area contributed by atoms with Gasteiger partial charge in [0.15, 0.2) is 0 Å². The van der Waals surface area contributed by atoms with E-state index in [1.54, 1.807) is 0 Å². The van der Waals surface area contributed by atoms with E-state index >= 15 is 0 Å². The Morgan fingerprint density at radius 2 is 1.11 bits per heavy atom. The van der Waals surface area contributed by atoms with Gasteiger partial charge in [-0.05, 0) is 41.7 Å². The summed E-state index contributed by atoms with van der Waals surface area (Å²) in [6.45, 7) is 2.62. The summed E-state index contributed by atoms with van der Waals surface area (Å²) >= 11 is 0. The van der Waals surface area contributed by atoms with Crippen molar-refractivity contribution in [1.29, 1.82) is 0 Å². The van der Waals surface area contributed by atoms with Crippen molar-refractivity contribution in [2.75, 3.05) is 13.1 Å². The lowest BCUT2D eigenvalue weighted by atomic mass is 10.00. The number of nitrogens with one attached hydrogen (secondary N) is 2. The van der Waals surface area contributed by atoms with Crippen LogP contribution < -0.4 is 15.4 Å². The Hall–Kier alpha value is -2.62. The number of hydrogen-bond acceptors (Lipinski definition) is 3. The van der Waals surface area contributed by atoms with Gasteiger partial charge in [-0.1, -0.05) is 72.8 Å². The monoisotopic (exact) mass is 372 g/mol. The van der Waals surface area contributed by atoms with E-state index < -0.39 is 0 Å². The molecule has 2 N–H and O–H groups in total. The third kappa shape index (κ3) is 5.44. The predicted octanol–water partition coefficient (Wildman–Crippen LogP) is 3.98. The molecule has 1 saturated heterocycles. The van der Waals surface area contributed by atoms with E-state index in [2.05, 4.69) is 77.4 Å². The lowest BCUT2D eigenvalue weighted by Gasteiger charge is -2.31. The standard InChI is InChI=1S/C25H28N2O/c1-3-7-20(8-4-1)15-23-17-27-24(18-26-23)16-21-11-13-25(14-12-21)28-19-22-9-5-2-6-10-22/h1-14,23-24,26-27H,15-19H2/t23-,24+/m0/s1. The first-order chi connectivity index (χ1) is 13.8. The first-order valence-electron chi connectivity index (χ1n) is 10.1. The van der Waals surface area contributed by atoms with Crippen LogP contribution in [-0.2, 0) is 19.4 Å². The largest absolute Gasteiger partial charge is 0.489 e. The zero-order chi connectivity index (χ0) is 19.0. The van der Waals surface area contributed by atoms with E-state index in [0.29, 0.717) is 18.7 Å². The Kier molecular flexibility index (Phi) is 6.38. The van der Waals surface area contributed by atoms with Crippen LogP contribution in [0.25, 0.3) is 0 Å². The highest BCUT2D eigenvalue weighted by Gasteiger charge is 2.20. The molecule has 0 saturated carbocycles. The molecule has 3 heteroatoms. The van der Waals surface area contributed by atoms with Gasteiger partial charge in [0.1, 0.15) is 12.4 Å². The lowest BCUT2D eigenvalue weighted by molar-refractivity contribution is 0.306. The summed E-state index contributed by atoms with van der Waals surface area (Å²) in [6.07, 6.45) is 2.11. The van der Waals surface area contributed by atoms with E-state index in [4.69, 9.17) is 4.74 Å². The molecule has 2 atom stereocenters. The van der Waals surface area contributed by atoms with Gasteiger partial charge in [-0.2, -0.15) is 0 Å². The third-order valence-electron chi connectivity index (χ3n) is 5.28. The first kappa shape index (κ1) is 18.7. The molecule has 3 nitrogen and oxygen atoms in total. The second kappa shape index (κ2) is 9.54.